The van der Waals surface area contributed by atoms with E-state index in [0.717, 1.165) is 19.1 Å². The van der Waals surface area contributed by atoms with E-state index in [1.807, 2.05) is 0 Å². The number of amides is 2. The quantitative estimate of drug-likeness (QED) is 0.602. The molecule has 2 aliphatic rings. The van der Waals surface area contributed by atoms with Crippen LogP contribution < -0.4 is 0 Å². The van der Waals surface area contributed by atoms with Crippen LogP contribution in [0.4, 0.5) is 14.0 Å². The summed E-state index contributed by atoms with van der Waals surface area (Å²) in [5.41, 5.74) is -1.04. The maximum Gasteiger partial charge on any atom is 0.410 e. The number of nitrogens with zero attached hydrogens (tertiary/aromatic N) is 2. The molecule has 2 aliphatic heterocycles. The molecule has 11 heteroatoms. The second-order valence-corrected chi connectivity index (χ2v) is 11.0. The summed E-state index contributed by atoms with van der Waals surface area (Å²) in [4.78, 5) is 25.9. The Labute approximate surface area is 178 Å². The third-order valence-corrected chi connectivity index (χ3v) is 4.76. The summed E-state index contributed by atoms with van der Waals surface area (Å²) in [5.74, 6) is 0. The molecule has 0 bridgehead atoms. The van der Waals surface area contributed by atoms with Crippen molar-refractivity contribution in [2.24, 2.45) is 0 Å². The van der Waals surface area contributed by atoms with E-state index in [-0.39, 0.29) is 18.7 Å². The molecule has 0 saturated carbocycles. The minimum atomic E-state index is -3.46. The van der Waals surface area contributed by atoms with Crippen molar-refractivity contribution in [3.8, 4) is 0 Å². The van der Waals surface area contributed by atoms with Crippen LogP contribution in [0, 0.1) is 0 Å². The highest BCUT2D eigenvalue weighted by Crippen LogP contribution is 2.22. The van der Waals surface area contributed by atoms with Gasteiger partial charge in [-0.25, -0.2) is 14.0 Å². The summed E-state index contributed by atoms with van der Waals surface area (Å²) < 4.78 is 48.8. The Morgan fingerprint density at radius 2 is 1.30 bits per heavy atom. The molecule has 0 aromatic heterocycles. The van der Waals surface area contributed by atoms with Gasteiger partial charge >= 0.3 is 12.2 Å². The molecule has 176 valence electrons. The third-order valence-electron chi connectivity index (χ3n) is 4.20. The summed E-state index contributed by atoms with van der Waals surface area (Å²) in [6, 6.07) is -0.463. The van der Waals surface area contributed by atoms with Gasteiger partial charge in [-0.15, -0.1) is 0 Å². The van der Waals surface area contributed by atoms with E-state index < -0.39 is 40.2 Å². The van der Waals surface area contributed by atoms with Gasteiger partial charge in [0.1, 0.15) is 17.9 Å². The highest BCUT2D eigenvalue weighted by Gasteiger charge is 2.36. The number of carbonyl (C=O) groups is 2. The van der Waals surface area contributed by atoms with Gasteiger partial charge in [0.2, 0.25) is 0 Å². The van der Waals surface area contributed by atoms with E-state index in [1.54, 1.807) is 41.5 Å². The van der Waals surface area contributed by atoms with Crippen LogP contribution in [0.15, 0.2) is 0 Å². The lowest BCUT2D eigenvalue weighted by molar-refractivity contribution is -0.0138. The Bertz CT molecular complexity index is 699. The standard InChI is InChI=1S/C10H19NO5S.C9H16FNO2/c1-10(2,3)16-9(12)11-6-5-8(11)7-15-17(4,13)14;1-9(2,3)13-8(12)11-5-4-7(11)6-10/h8H,5-7H2,1-4H3;7H,4-6H2,1-3H3. The van der Waals surface area contributed by atoms with E-state index in [2.05, 4.69) is 4.18 Å². The lowest BCUT2D eigenvalue weighted by Crippen LogP contribution is -2.54. The van der Waals surface area contributed by atoms with E-state index in [1.165, 1.54) is 9.80 Å². The Morgan fingerprint density at radius 1 is 0.900 bits per heavy atom. The maximum atomic E-state index is 12.2. The second kappa shape index (κ2) is 10.1. The van der Waals surface area contributed by atoms with E-state index in [9.17, 15) is 22.4 Å². The molecule has 30 heavy (non-hydrogen) atoms. The van der Waals surface area contributed by atoms with Crippen LogP contribution in [-0.4, -0.2) is 86.3 Å². The van der Waals surface area contributed by atoms with Crippen molar-refractivity contribution in [3.63, 3.8) is 0 Å². The number of halogens is 1. The zero-order valence-electron chi connectivity index (χ0n) is 18.9. The molecule has 0 aromatic carbocycles. The van der Waals surface area contributed by atoms with Crippen molar-refractivity contribution in [2.45, 2.75) is 77.7 Å². The van der Waals surface area contributed by atoms with Crippen LogP contribution in [0.1, 0.15) is 54.4 Å². The second-order valence-electron chi connectivity index (χ2n) is 9.38. The average Bonchev–Trinajstić information content (AvgIpc) is 2.40. The number of likely N-dealkylation sites (tertiary alicyclic amines) is 2. The van der Waals surface area contributed by atoms with Gasteiger partial charge in [-0.3, -0.25) is 4.18 Å². The first-order chi connectivity index (χ1) is 13.5. The monoisotopic (exact) mass is 454 g/mol. The zero-order valence-corrected chi connectivity index (χ0v) is 19.8. The van der Waals surface area contributed by atoms with Gasteiger partial charge < -0.3 is 19.3 Å². The van der Waals surface area contributed by atoms with Crippen molar-refractivity contribution in [3.05, 3.63) is 0 Å². The summed E-state index contributed by atoms with van der Waals surface area (Å²) in [5, 5.41) is 0. The Kier molecular flexibility index (Phi) is 8.92. The molecule has 0 N–H and O–H groups in total. The predicted molar refractivity (Wildman–Crippen MR) is 109 cm³/mol. The third kappa shape index (κ3) is 9.46. The van der Waals surface area contributed by atoms with Crippen molar-refractivity contribution in [1.82, 2.24) is 9.80 Å². The van der Waals surface area contributed by atoms with E-state index >= 15 is 0 Å². The Morgan fingerprint density at radius 3 is 1.57 bits per heavy atom. The Hall–Kier alpha value is -1.62. The topological polar surface area (TPSA) is 102 Å². The molecule has 0 aliphatic carbocycles. The van der Waals surface area contributed by atoms with Gasteiger partial charge in [-0.1, -0.05) is 0 Å². The lowest BCUT2D eigenvalue weighted by atomic mass is 10.1. The molecule has 2 amide bonds. The highest BCUT2D eigenvalue weighted by molar-refractivity contribution is 7.85. The molecular formula is C19H35FN2O7S. The molecule has 2 heterocycles. The van der Waals surface area contributed by atoms with Crippen molar-refractivity contribution < 1.29 is 36.1 Å². The molecular weight excluding hydrogens is 419 g/mol. The molecule has 2 rings (SSSR count). The summed E-state index contributed by atoms with van der Waals surface area (Å²) in [6.07, 6.45) is 1.64. The predicted octanol–water partition coefficient (Wildman–Crippen LogP) is 2.94. The molecule has 0 radical (unpaired) electrons. The number of ether oxygens (including phenoxy) is 2. The summed E-state index contributed by atoms with van der Waals surface area (Å²) in [7, 11) is -3.46. The van der Waals surface area contributed by atoms with Crippen molar-refractivity contribution in [2.75, 3.05) is 32.6 Å². The maximum absolute atomic E-state index is 12.2. The molecule has 0 spiro atoms. The van der Waals surface area contributed by atoms with Crippen LogP contribution in [0.5, 0.6) is 0 Å². The smallest absolute Gasteiger partial charge is 0.410 e. The van der Waals surface area contributed by atoms with Gasteiger partial charge in [-0.05, 0) is 54.4 Å². The molecule has 2 unspecified atom stereocenters. The fraction of sp³-hybridized carbons (Fsp3) is 0.895. The minimum Gasteiger partial charge on any atom is -0.444 e. The average molecular weight is 455 g/mol. The van der Waals surface area contributed by atoms with Crippen LogP contribution >= 0.6 is 0 Å². The number of hydrogen-bond donors (Lipinski definition) is 0. The van der Waals surface area contributed by atoms with Gasteiger partial charge in [0.15, 0.2) is 0 Å². The molecule has 2 atom stereocenters. The van der Waals surface area contributed by atoms with E-state index in [4.69, 9.17) is 9.47 Å². The SMILES string of the molecule is CC(C)(C)OC(=O)N1CCC1CF.CC(C)(C)OC(=O)N1CCC1COS(C)(=O)=O. The Balaban J connectivity index is 0.000000311. The molecule has 2 fully saturated rings. The largest absolute Gasteiger partial charge is 0.444 e. The highest BCUT2D eigenvalue weighted by atomic mass is 32.2. The fourth-order valence-corrected chi connectivity index (χ4v) is 2.94. The summed E-state index contributed by atoms with van der Waals surface area (Å²) >= 11 is 0. The van der Waals surface area contributed by atoms with Crippen LogP contribution in [0.3, 0.4) is 0 Å². The molecule has 9 nitrogen and oxygen atoms in total. The van der Waals surface area contributed by atoms with Crippen molar-refractivity contribution >= 4 is 22.3 Å². The first-order valence-electron chi connectivity index (χ1n) is 9.92. The number of rotatable bonds is 4. The summed E-state index contributed by atoms with van der Waals surface area (Å²) in [6.45, 7) is 11.5. The van der Waals surface area contributed by atoms with Gasteiger partial charge in [-0.2, -0.15) is 8.42 Å². The van der Waals surface area contributed by atoms with Gasteiger partial charge in [0.25, 0.3) is 10.1 Å². The first kappa shape index (κ1) is 26.4. The first-order valence-corrected chi connectivity index (χ1v) is 11.7. The van der Waals surface area contributed by atoms with Crippen LogP contribution in [0.25, 0.3) is 0 Å². The fourth-order valence-electron chi connectivity index (χ4n) is 2.54. The van der Waals surface area contributed by atoms with Crippen LogP contribution in [0.2, 0.25) is 0 Å². The lowest BCUT2D eigenvalue weighted by Gasteiger charge is -2.40. The minimum absolute atomic E-state index is 0.00191. The van der Waals surface area contributed by atoms with Crippen LogP contribution in [-0.2, 0) is 23.8 Å². The van der Waals surface area contributed by atoms with Gasteiger partial charge in [0, 0.05) is 13.1 Å². The van der Waals surface area contributed by atoms with Crippen molar-refractivity contribution in [1.29, 1.82) is 0 Å². The van der Waals surface area contributed by atoms with E-state index in [0.29, 0.717) is 13.1 Å². The number of carbonyl (C=O) groups excluding carboxylic acids is 2. The zero-order chi connectivity index (χ0) is 23.3. The molecule has 2 saturated heterocycles. The normalized spacial score (nSPS) is 21.6. The number of hydrogen-bond acceptors (Lipinski definition) is 7. The van der Waals surface area contributed by atoms with Gasteiger partial charge in [0.05, 0.1) is 24.9 Å². The number of alkyl halides is 1. The molecule has 0 aromatic rings.